The summed E-state index contributed by atoms with van der Waals surface area (Å²) >= 11 is 0. The van der Waals surface area contributed by atoms with Gasteiger partial charge in [0.25, 0.3) is 0 Å². The Morgan fingerprint density at radius 1 is 1.36 bits per heavy atom. The van der Waals surface area contributed by atoms with E-state index >= 15 is 0 Å². The number of furan rings is 1. The number of amides is 1. The summed E-state index contributed by atoms with van der Waals surface area (Å²) in [6, 6.07) is 10.7. The van der Waals surface area contributed by atoms with Crippen LogP contribution in [0.5, 0.6) is 0 Å². The largest absolute Gasteiger partial charge is 0.463 e. The second kappa shape index (κ2) is 5.82. The van der Waals surface area contributed by atoms with Gasteiger partial charge in [-0.3, -0.25) is 4.79 Å². The first-order chi connectivity index (χ1) is 10.7. The first-order valence-electron chi connectivity index (χ1n) is 6.66. The highest BCUT2D eigenvalue weighted by molar-refractivity contribution is 5.89. The lowest BCUT2D eigenvalue weighted by molar-refractivity contribution is -0.114. The van der Waals surface area contributed by atoms with Crippen LogP contribution in [0.15, 0.2) is 47.1 Å². The number of nitrogens with zero attached hydrogens (tertiary/aromatic N) is 3. The Labute approximate surface area is 126 Å². The molecule has 0 spiro atoms. The molecule has 0 aliphatic carbocycles. The van der Waals surface area contributed by atoms with Crippen LogP contribution >= 0.6 is 0 Å². The minimum Gasteiger partial charge on any atom is -0.463 e. The highest BCUT2D eigenvalue weighted by Crippen LogP contribution is 2.26. The van der Waals surface area contributed by atoms with Crippen LogP contribution in [0.4, 0.5) is 5.69 Å². The molecule has 3 aromatic rings. The molecule has 0 saturated heterocycles. The van der Waals surface area contributed by atoms with Gasteiger partial charge in [-0.15, -0.1) is 5.10 Å². The van der Waals surface area contributed by atoms with E-state index in [4.69, 9.17) is 4.42 Å². The number of anilines is 1. The van der Waals surface area contributed by atoms with Crippen molar-refractivity contribution in [1.29, 1.82) is 0 Å². The van der Waals surface area contributed by atoms with Crippen molar-refractivity contribution in [2.45, 2.75) is 13.5 Å². The van der Waals surface area contributed by atoms with Gasteiger partial charge in [0.2, 0.25) is 5.91 Å². The Bertz CT molecular complexity index is 793. The maximum Gasteiger partial charge on any atom is 0.221 e. The molecule has 2 aromatic heterocycles. The number of benzene rings is 1. The Balaban J connectivity index is 2.09. The lowest BCUT2D eigenvalue weighted by Crippen LogP contribution is -2.07. The van der Waals surface area contributed by atoms with Crippen LogP contribution in [-0.4, -0.2) is 26.0 Å². The van der Waals surface area contributed by atoms with E-state index in [1.54, 1.807) is 41.3 Å². The molecule has 2 N–H and O–H groups in total. The first-order valence-corrected chi connectivity index (χ1v) is 6.66. The van der Waals surface area contributed by atoms with E-state index in [0.29, 0.717) is 28.5 Å². The number of aromatic nitrogens is 3. The van der Waals surface area contributed by atoms with E-state index < -0.39 is 0 Å². The van der Waals surface area contributed by atoms with E-state index in [-0.39, 0.29) is 12.5 Å². The van der Waals surface area contributed by atoms with E-state index in [9.17, 15) is 9.90 Å². The summed E-state index contributed by atoms with van der Waals surface area (Å²) in [4.78, 5) is 11.2. The summed E-state index contributed by atoms with van der Waals surface area (Å²) in [7, 11) is 0. The van der Waals surface area contributed by atoms with Gasteiger partial charge < -0.3 is 14.8 Å². The fourth-order valence-corrected chi connectivity index (χ4v) is 2.18. The van der Waals surface area contributed by atoms with Gasteiger partial charge in [0, 0.05) is 12.6 Å². The number of carbonyl (C=O) groups is 1. The van der Waals surface area contributed by atoms with Crippen LogP contribution in [0, 0.1) is 0 Å². The van der Waals surface area contributed by atoms with Crippen molar-refractivity contribution in [3.8, 4) is 17.1 Å². The third kappa shape index (κ3) is 2.61. The van der Waals surface area contributed by atoms with Crippen LogP contribution in [0.25, 0.3) is 17.1 Å². The van der Waals surface area contributed by atoms with Crippen LogP contribution in [-0.2, 0) is 11.4 Å². The van der Waals surface area contributed by atoms with Crippen molar-refractivity contribution in [1.82, 2.24) is 15.0 Å². The molecular weight excluding hydrogens is 284 g/mol. The zero-order valence-electron chi connectivity index (χ0n) is 11.9. The van der Waals surface area contributed by atoms with Crippen LogP contribution < -0.4 is 5.32 Å². The van der Waals surface area contributed by atoms with E-state index in [1.165, 1.54) is 6.92 Å². The highest BCUT2D eigenvalue weighted by atomic mass is 16.3. The molecule has 0 aliphatic heterocycles. The Kier molecular flexibility index (Phi) is 3.71. The maximum atomic E-state index is 11.2. The van der Waals surface area contributed by atoms with E-state index in [0.717, 1.165) is 0 Å². The second-order valence-corrected chi connectivity index (χ2v) is 4.66. The topological polar surface area (TPSA) is 93.2 Å². The normalized spacial score (nSPS) is 10.6. The minimum absolute atomic E-state index is 0.155. The molecule has 7 nitrogen and oxygen atoms in total. The first kappa shape index (κ1) is 14.0. The van der Waals surface area contributed by atoms with Crippen molar-refractivity contribution < 1.29 is 14.3 Å². The van der Waals surface area contributed by atoms with Crippen molar-refractivity contribution >= 4 is 11.6 Å². The highest BCUT2D eigenvalue weighted by Gasteiger charge is 2.18. The summed E-state index contributed by atoms with van der Waals surface area (Å²) in [6.07, 6.45) is 1.54. The number of carbonyl (C=O) groups excluding carboxylic acids is 1. The monoisotopic (exact) mass is 298 g/mol. The van der Waals surface area contributed by atoms with Gasteiger partial charge in [-0.1, -0.05) is 11.3 Å². The zero-order valence-corrected chi connectivity index (χ0v) is 11.9. The number of hydrogen-bond acceptors (Lipinski definition) is 5. The quantitative estimate of drug-likeness (QED) is 0.768. The number of nitrogens with one attached hydrogen (secondary N) is 1. The molecular formula is C15H14N4O3. The molecule has 22 heavy (non-hydrogen) atoms. The third-order valence-corrected chi connectivity index (χ3v) is 3.06. The Morgan fingerprint density at radius 2 is 2.23 bits per heavy atom. The summed E-state index contributed by atoms with van der Waals surface area (Å²) in [5, 5.41) is 20.2. The van der Waals surface area contributed by atoms with Crippen molar-refractivity contribution in [2.24, 2.45) is 0 Å². The number of aliphatic hydroxyl groups is 1. The fourth-order valence-electron chi connectivity index (χ4n) is 2.18. The smallest absolute Gasteiger partial charge is 0.221 e. The number of hydrogen-bond donors (Lipinski definition) is 2. The molecule has 0 saturated carbocycles. The van der Waals surface area contributed by atoms with Crippen LogP contribution in [0.2, 0.25) is 0 Å². The van der Waals surface area contributed by atoms with Crippen LogP contribution in [0.1, 0.15) is 12.6 Å². The molecule has 2 heterocycles. The molecule has 0 unspecified atom stereocenters. The molecule has 0 atom stereocenters. The van der Waals surface area contributed by atoms with Gasteiger partial charge in [0.15, 0.2) is 5.76 Å². The van der Waals surface area contributed by atoms with Crippen molar-refractivity contribution in [2.75, 3.05) is 5.32 Å². The van der Waals surface area contributed by atoms with Gasteiger partial charge >= 0.3 is 0 Å². The third-order valence-electron chi connectivity index (χ3n) is 3.06. The van der Waals surface area contributed by atoms with Crippen LogP contribution in [0.3, 0.4) is 0 Å². The fraction of sp³-hybridized carbons (Fsp3) is 0.133. The molecule has 1 aromatic carbocycles. The van der Waals surface area contributed by atoms with Gasteiger partial charge in [0.05, 0.1) is 18.6 Å². The predicted octanol–water partition coefficient (Wildman–Crippen LogP) is 1.98. The lowest BCUT2D eigenvalue weighted by atomic mass is 10.2. The van der Waals surface area contributed by atoms with Gasteiger partial charge in [-0.25, -0.2) is 4.68 Å². The Morgan fingerprint density at radius 3 is 2.91 bits per heavy atom. The molecule has 0 fully saturated rings. The van der Waals surface area contributed by atoms with Gasteiger partial charge in [-0.2, -0.15) is 0 Å². The van der Waals surface area contributed by atoms with E-state index in [2.05, 4.69) is 15.6 Å². The summed E-state index contributed by atoms with van der Waals surface area (Å²) < 4.78 is 6.96. The molecule has 112 valence electrons. The van der Waals surface area contributed by atoms with Crippen molar-refractivity contribution in [3.63, 3.8) is 0 Å². The lowest BCUT2D eigenvalue weighted by Gasteiger charge is -2.08. The molecule has 0 radical (unpaired) electrons. The van der Waals surface area contributed by atoms with Crippen molar-refractivity contribution in [3.05, 3.63) is 48.4 Å². The summed E-state index contributed by atoms with van der Waals surface area (Å²) in [6.45, 7) is 1.20. The number of aliphatic hydroxyl groups excluding tert-OH is 1. The van der Waals surface area contributed by atoms with Gasteiger partial charge in [-0.05, 0) is 30.3 Å². The summed E-state index contributed by atoms with van der Waals surface area (Å²) in [5.74, 6) is 0.400. The predicted molar refractivity (Wildman–Crippen MR) is 79.3 cm³/mol. The molecule has 0 bridgehead atoms. The number of rotatable bonds is 4. The zero-order chi connectivity index (χ0) is 15.5. The minimum atomic E-state index is -0.249. The van der Waals surface area contributed by atoms with Gasteiger partial charge in [0.1, 0.15) is 11.4 Å². The summed E-state index contributed by atoms with van der Waals surface area (Å²) in [5.41, 5.74) is 2.34. The SMILES string of the molecule is CC(=O)Nc1cccc(-n2nnc(CO)c2-c2ccco2)c1. The molecule has 0 aliphatic rings. The maximum absolute atomic E-state index is 11.2. The Hall–Kier alpha value is -2.93. The molecule has 7 heteroatoms. The van der Waals surface area contributed by atoms with E-state index in [1.807, 2.05) is 6.07 Å². The average molecular weight is 298 g/mol. The standard InChI is InChI=1S/C15H14N4O3/c1-10(21)16-11-4-2-5-12(8-11)19-15(13(9-20)17-18-19)14-6-3-7-22-14/h2-8,20H,9H2,1H3,(H,16,21). The average Bonchev–Trinajstić information content (AvgIpc) is 3.15. The molecule has 1 amide bonds. The molecule has 3 rings (SSSR count). The second-order valence-electron chi connectivity index (χ2n) is 4.66.